The van der Waals surface area contributed by atoms with Crippen molar-refractivity contribution in [2.75, 3.05) is 6.61 Å². The third-order valence-electron chi connectivity index (χ3n) is 3.92. The van der Waals surface area contributed by atoms with Gasteiger partial charge in [-0.3, -0.25) is 24.5 Å². The Morgan fingerprint density at radius 3 is 2.83 bits per heavy atom. The molecule has 2 heterocycles. The lowest BCUT2D eigenvalue weighted by Gasteiger charge is -2.29. The van der Waals surface area contributed by atoms with E-state index in [9.17, 15) is 23.6 Å². The number of nitrogens with zero attached hydrogens (tertiary/aromatic N) is 1. The molecule has 0 spiro atoms. The van der Waals surface area contributed by atoms with Crippen molar-refractivity contribution in [1.82, 2.24) is 10.2 Å². The number of hydrogen-bond donors (Lipinski definition) is 1. The first kappa shape index (κ1) is 15.1. The first-order valence-electron chi connectivity index (χ1n) is 7.05. The molecule has 1 aromatic rings. The molecule has 23 heavy (non-hydrogen) atoms. The summed E-state index contributed by atoms with van der Waals surface area (Å²) in [6, 6.07) is 1.61. The number of imide groups is 1. The molecule has 3 amide bonds. The fourth-order valence-electron chi connectivity index (χ4n) is 2.86. The minimum Gasteiger partial charge on any atom is -0.486 e. The molecule has 0 saturated carbocycles. The molecule has 0 bridgehead atoms. The number of aldehydes is 1. The van der Waals surface area contributed by atoms with Crippen LogP contribution in [0.3, 0.4) is 0 Å². The van der Waals surface area contributed by atoms with Crippen molar-refractivity contribution >= 4 is 24.0 Å². The van der Waals surface area contributed by atoms with Gasteiger partial charge in [-0.2, -0.15) is 0 Å². The first-order valence-corrected chi connectivity index (χ1v) is 7.05. The van der Waals surface area contributed by atoms with Crippen molar-refractivity contribution in [3.63, 3.8) is 0 Å². The summed E-state index contributed by atoms with van der Waals surface area (Å²) >= 11 is 0. The molecule has 1 fully saturated rings. The maximum absolute atomic E-state index is 14.0. The van der Waals surface area contributed by atoms with Gasteiger partial charge in [0.1, 0.15) is 24.2 Å². The number of carbonyl (C=O) groups is 4. The third-order valence-corrected chi connectivity index (χ3v) is 3.92. The molecule has 0 aliphatic carbocycles. The van der Waals surface area contributed by atoms with Crippen molar-refractivity contribution in [3.8, 4) is 5.75 Å². The normalized spacial score (nSPS) is 20.3. The molecule has 3 rings (SSSR count). The maximum atomic E-state index is 14.0. The molecule has 2 aliphatic heterocycles. The number of carbonyl (C=O) groups excluding carboxylic acids is 4. The molecule has 0 aromatic heterocycles. The van der Waals surface area contributed by atoms with Crippen molar-refractivity contribution in [3.05, 3.63) is 29.1 Å². The summed E-state index contributed by atoms with van der Waals surface area (Å²) in [6.45, 7) is -0.225. The van der Waals surface area contributed by atoms with Gasteiger partial charge in [-0.1, -0.05) is 0 Å². The van der Waals surface area contributed by atoms with Crippen molar-refractivity contribution in [2.45, 2.75) is 25.4 Å². The number of piperidine rings is 1. The smallest absolute Gasteiger partial charge is 0.258 e. The van der Waals surface area contributed by atoms with E-state index < -0.39 is 29.6 Å². The van der Waals surface area contributed by atoms with E-state index in [-0.39, 0.29) is 37.3 Å². The summed E-state index contributed by atoms with van der Waals surface area (Å²) in [5.74, 6) is -2.06. The highest BCUT2D eigenvalue weighted by molar-refractivity contribution is 6.05. The van der Waals surface area contributed by atoms with Gasteiger partial charge in [-0.15, -0.1) is 0 Å². The Morgan fingerprint density at radius 2 is 2.13 bits per heavy atom. The lowest BCUT2D eigenvalue weighted by atomic mass is 10.0. The van der Waals surface area contributed by atoms with Crippen LogP contribution < -0.4 is 10.1 Å². The van der Waals surface area contributed by atoms with Gasteiger partial charge >= 0.3 is 0 Å². The highest BCUT2D eigenvalue weighted by Crippen LogP contribution is 2.35. The molecule has 1 saturated heterocycles. The Balaban J connectivity index is 1.92. The maximum Gasteiger partial charge on any atom is 0.258 e. The molecular weight excluding hydrogens is 307 g/mol. The quantitative estimate of drug-likeness (QED) is 0.630. The Hall–Kier alpha value is -2.77. The largest absolute Gasteiger partial charge is 0.486 e. The highest BCUT2D eigenvalue weighted by Gasteiger charge is 2.41. The zero-order valence-corrected chi connectivity index (χ0v) is 12.0. The van der Waals surface area contributed by atoms with Gasteiger partial charge in [0.25, 0.3) is 5.91 Å². The minimum absolute atomic E-state index is 0.00755. The third kappa shape index (κ3) is 2.56. The lowest BCUT2D eigenvalue weighted by molar-refractivity contribution is -0.136. The summed E-state index contributed by atoms with van der Waals surface area (Å²) < 4.78 is 19.2. The monoisotopic (exact) mass is 320 g/mol. The highest BCUT2D eigenvalue weighted by atomic mass is 19.1. The van der Waals surface area contributed by atoms with E-state index in [1.807, 2.05) is 0 Å². The van der Waals surface area contributed by atoms with Crippen LogP contribution in [-0.4, -0.2) is 41.6 Å². The minimum atomic E-state index is -0.828. The zero-order valence-electron chi connectivity index (χ0n) is 12.0. The van der Waals surface area contributed by atoms with E-state index >= 15 is 0 Å². The predicted octanol–water partition coefficient (Wildman–Crippen LogP) is 0.164. The molecule has 1 atom stereocenters. The van der Waals surface area contributed by atoms with E-state index in [4.69, 9.17) is 4.74 Å². The van der Waals surface area contributed by atoms with Crippen molar-refractivity contribution in [2.24, 2.45) is 0 Å². The molecule has 7 nitrogen and oxygen atoms in total. The average molecular weight is 320 g/mol. The second-order valence-corrected chi connectivity index (χ2v) is 5.28. The topological polar surface area (TPSA) is 92.8 Å². The molecule has 120 valence electrons. The summed E-state index contributed by atoms with van der Waals surface area (Å²) in [5, 5.41) is 2.17. The first-order chi connectivity index (χ1) is 11.0. The van der Waals surface area contributed by atoms with Gasteiger partial charge in [-0.05, 0) is 18.6 Å². The summed E-state index contributed by atoms with van der Waals surface area (Å²) in [7, 11) is 0. The molecule has 1 N–H and O–H groups in total. The fourth-order valence-corrected chi connectivity index (χ4v) is 2.86. The van der Waals surface area contributed by atoms with Crippen molar-refractivity contribution in [1.29, 1.82) is 0 Å². The molecule has 8 heteroatoms. The van der Waals surface area contributed by atoms with Gasteiger partial charge in [0.05, 0.1) is 12.1 Å². The fraction of sp³-hybridized carbons (Fsp3) is 0.333. The number of nitrogens with one attached hydrogen (secondary N) is 1. The summed E-state index contributed by atoms with van der Waals surface area (Å²) in [5.41, 5.74) is 0.152. The molecular formula is C15H13FN2O5. The van der Waals surface area contributed by atoms with Crippen LogP contribution in [0.4, 0.5) is 4.39 Å². The van der Waals surface area contributed by atoms with Crippen LogP contribution in [-0.2, 0) is 20.9 Å². The van der Waals surface area contributed by atoms with Crippen LogP contribution in [0.5, 0.6) is 5.75 Å². The van der Waals surface area contributed by atoms with Gasteiger partial charge in [-0.25, -0.2) is 4.39 Å². The standard InChI is InChI=1S/C15H13FN2O5/c16-9-1-3-11(23-6-5-19)8-7-18(15(22)13(8)9)10-2-4-12(20)17-14(10)21/h1,3,5,10H,2,4,6-7H2,(H,17,20,21). The van der Waals surface area contributed by atoms with Gasteiger partial charge in [0.2, 0.25) is 11.8 Å². The number of benzene rings is 1. The van der Waals surface area contributed by atoms with E-state index in [2.05, 4.69) is 5.32 Å². The summed E-state index contributed by atoms with van der Waals surface area (Å²) in [4.78, 5) is 47.3. The number of rotatable bonds is 4. The number of amides is 3. The van der Waals surface area contributed by atoms with Crippen LogP contribution in [0, 0.1) is 5.82 Å². The molecule has 0 radical (unpaired) electrons. The lowest BCUT2D eigenvalue weighted by Crippen LogP contribution is -2.52. The van der Waals surface area contributed by atoms with Gasteiger partial charge in [0, 0.05) is 12.0 Å². The van der Waals surface area contributed by atoms with Crippen molar-refractivity contribution < 1.29 is 28.3 Å². The van der Waals surface area contributed by atoms with E-state index in [1.54, 1.807) is 0 Å². The number of halogens is 1. The Bertz CT molecular complexity index is 718. The Labute approximate surface area is 130 Å². The zero-order chi connectivity index (χ0) is 16.6. The van der Waals surface area contributed by atoms with Crippen LogP contribution in [0.1, 0.15) is 28.8 Å². The molecule has 1 aromatic carbocycles. The molecule has 2 aliphatic rings. The Kier molecular flexibility index (Phi) is 3.81. The Morgan fingerprint density at radius 1 is 1.35 bits per heavy atom. The van der Waals surface area contributed by atoms with E-state index in [0.29, 0.717) is 11.8 Å². The summed E-state index contributed by atoms with van der Waals surface area (Å²) in [6.07, 6.45) is 0.856. The average Bonchev–Trinajstić information content (AvgIpc) is 2.85. The van der Waals surface area contributed by atoms with E-state index in [0.717, 1.165) is 6.07 Å². The van der Waals surface area contributed by atoms with Crippen LogP contribution in [0.2, 0.25) is 0 Å². The molecule has 1 unspecified atom stereocenters. The van der Waals surface area contributed by atoms with Crippen LogP contribution >= 0.6 is 0 Å². The van der Waals surface area contributed by atoms with Gasteiger partial charge in [0.15, 0.2) is 6.29 Å². The SMILES string of the molecule is O=CCOc1ccc(F)c2c1CN(C1CCC(=O)NC1=O)C2=O. The van der Waals surface area contributed by atoms with Crippen LogP contribution in [0.15, 0.2) is 12.1 Å². The second kappa shape index (κ2) is 5.79. The number of ether oxygens (including phenoxy) is 1. The van der Waals surface area contributed by atoms with E-state index in [1.165, 1.54) is 11.0 Å². The van der Waals surface area contributed by atoms with Gasteiger partial charge < -0.3 is 9.64 Å². The second-order valence-electron chi connectivity index (χ2n) is 5.28. The predicted molar refractivity (Wildman–Crippen MR) is 74.0 cm³/mol. The van der Waals surface area contributed by atoms with Crippen LogP contribution in [0.25, 0.3) is 0 Å². The number of hydrogen-bond acceptors (Lipinski definition) is 5. The number of fused-ring (bicyclic) bond motifs is 1.